The van der Waals surface area contributed by atoms with Gasteiger partial charge < -0.3 is 4.74 Å². The van der Waals surface area contributed by atoms with Crippen LogP contribution in [0.2, 0.25) is 0 Å². The molecule has 1 aromatic rings. The van der Waals surface area contributed by atoms with Crippen LogP contribution in [-0.2, 0) is 14.8 Å². The molecule has 0 spiro atoms. The van der Waals surface area contributed by atoms with Crippen molar-refractivity contribution in [2.75, 3.05) is 13.1 Å². The van der Waals surface area contributed by atoms with Crippen molar-refractivity contribution in [2.24, 2.45) is 0 Å². The van der Waals surface area contributed by atoms with Crippen LogP contribution in [0.1, 0.15) is 48.9 Å². The predicted molar refractivity (Wildman–Crippen MR) is 82.1 cm³/mol. The van der Waals surface area contributed by atoms with E-state index in [0.29, 0.717) is 18.7 Å². The van der Waals surface area contributed by atoms with Crippen molar-refractivity contribution in [3.63, 3.8) is 0 Å². The van der Waals surface area contributed by atoms with Crippen LogP contribution in [0.5, 0.6) is 0 Å². The first-order valence-electron chi connectivity index (χ1n) is 7.88. The van der Waals surface area contributed by atoms with Gasteiger partial charge in [0.05, 0.1) is 10.5 Å². The fourth-order valence-corrected chi connectivity index (χ4v) is 4.58. The van der Waals surface area contributed by atoms with Gasteiger partial charge in [-0.15, -0.1) is 0 Å². The van der Waals surface area contributed by atoms with Crippen molar-refractivity contribution >= 4 is 16.0 Å². The number of nitrogens with zero attached hydrogens (tertiary/aromatic N) is 1. The first kappa shape index (κ1) is 15.5. The molecule has 1 saturated carbocycles. The molecule has 2 aliphatic rings. The molecule has 120 valence electrons. The summed E-state index contributed by atoms with van der Waals surface area (Å²) in [6.45, 7) is 1.15. The summed E-state index contributed by atoms with van der Waals surface area (Å²) in [7, 11) is -3.42. The molecule has 5 nitrogen and oxygen atoms in total. The van der Waals surface area contributed by atoms with E-state index in [1.807, 2.05) is 0 Å². The quantitative estimate of drug-likeness (QED) is 0.799. The summed E-state index contributed by atoms with van der Waals surface area (Å²) < 4.78 is 31.7. The fourth-order valence-electron chi connectivity index (χ4n) is 3.07. The molecule has 0 bridgehead atoms. The van der Waals surface area contributed by atoms with Crippen LogP contribution in [0.15, 0.2) is 29.2 Å². The highest BCUT2D eigenvalue weighted by Gasteiger charge is 2.27. The van der Waals surface area contributed by atoms with Gasteiger partial charge >= 0.3 is 5.97 Å². The van der Waals surface area contributed by atoms with Crippen LogP contribution in [-0.4, -0.2) is 37.9 Å². The van der Waals surface area contributed by atoms with Gasteiger partial charge in [0.15, 0.2) is 0 Å². The minimum absolute atomic E-state index is 0.0144. The van der Waals surface area contributed by atoms with Gasteiger partial charge in [0.2, 0.25) is 10.0 Å². The lowest BCUT2D eigenvalue weighted by Crippen LogP contribution is -2.27. The first-order chi connectivity index (χ1) is 10.6. The summed E-state index contributed by atoms with van der Waals surface area (Å²) in [4.78, 5) is 12.3. The largest absolute Gasteiger partial charge is 0.459 e. The molecule has 1 aliphatic heterocycles. The Labute approximate surface area is 131 Å². The molecule has 0 aromatic heterocycles. The maximum atomic E-state index is 12.4. The van der Waals surface area contributed by atoms with Gasteiger partial charge in [0, 0.05) is 13.1 Å². The number of carbonyl (C=O) groups is 1. The van der Waals surface area contributed by atoms with Crippen LogP contribution in [0.4, 0.5) is 0 Å². The molecule has 2 fully saturated rings. The summed E-state index contributed by atoms with van der Waals surface area (Å²) in [5.74, 6) is -0.364. The second-order valence-corrected chi connectivity index (χ2v) is 7.89. The van der Waals surface area contributed by atoms with Gasteiger partial charge in [-0.1, -0.05) is 0 Å². The average molecular weight is 323 g/mol. The Morgan fingerprint density at radius 1 is 1.00 bits per heavy atom. The van der Waals surface area contributed by atoms with Gasteiger partial charge in [-0.2, -0.15) is 4.31 Å². The lowest BCUT2D eigenvalue weighted by atomic mass is 10.2. The summed E-state index contributed by atoms with van der Waals surface area (Å²) in [6, 6.07) is 6.08. The van der Waals surface area contributed by atoms with E-state index in [-0.39, 0.29) is 17.0 Å². The fraction of sp³-hybridized carbons (Fsp3) is 0.562. The van der Waals surface area contributed by atoms with Crippen molar-refractivity contribution in [2.45, 2.75) is 49.5 Å². The molecule has 1 aromatic carbocycles. The SMILES string of the molecule is O=C(OC1CCCC1)c1ccc(S(=O)(=O)N2CCCC2)cc1. The third-order valence-corrected chi connectivity index (χ3v) is 6.28. The van der Waals surface area contributed by atoms with Crippen LogP contribution in [0.25, 0.3) is 0 Å². The molecular weight excluding hydrogens is 302 g/mol. The molecule has 0 radical (unpaired) electrons. The van der Waals surface area contributed by atoms with E-state index in [1.165, 1.54) is 16.4 Å². The smallest absolute Gasteiger partial charge is 0.338 e. The van der Waals surface area contributed by atoms with Crippen molar-refractivity contribution < 1.29 is 17.9 Å². The molecule has 1 aliphatic carbocycles. The average Bonchev–Trinajstić information content (AvgIpc) is 3.21. The number of sulfonamides is 1. The molecule has 1 saturated heterocycles. The zero-order chi connectivity index (χ0) is 15.6. The standard InChI is InChI=1S/C16H21NO4S/c18-16(21-14-5-1-2-6-14)13-7-9-15(10-8-13)22(19,20)17-11-3-4-12-17/h7-10,14H,1-6,11-12H2. The Morgan fingerprint density at radius 2 is 1.59 bits per heavy atom. The number of hydrogen-bond acceptors (Lipinski definition) is 4. The monoisotopic (exact) mass is 323 g/mol. The van der Waals surface area contributed by atoms with Gasteiger partial charge in [-0.05, 0) is 62.8 Å². The van der Waals surface area contributed by atoms with Gasteiger partial charge in [-0.25, -0.2) is 13.2 Å². The number of ether oxygens (including phenoxy) is 1. The Morgan fingerprint density at radius 3 is 2.18 bits per heavy atom. The summed E-state index contributed by atoms with van der Waals surface area (Å²) >= 11 is 0. The van der Waals surface area contributed by atoms with Crippen LogP contribution in [0.3, 0.4) is 0 Å². The minimum Gasteiger partial charge on any atom is -0.459 e. The molecule has 0 amide bonds. The van der Waals surface area contributed by atoms with Crippen LogP contribution >= 0.6 is 0 Å². The van der Waals surface area contributed by atoms with Crippen LogP contribution in [0, 0.1) is 0 Å². The van der Waals surface area contributed by atoms with Gasteiger partial charge in [0.1, 0.15) is 6.10 Å². The van der Waals surface area contributed by atoms with E-state index in [4.69, 9.17) is 4.74 Å². The third kappa shape index (κ3) is 3.17. The molecular formula is C16H21NO4S. The molecule has 0 N–H and O–H groups in total. The third-order valence-electron chi connectivity index (χ3n) is 4.37. The number of benzene rings is 1. The van der Waals surface area contributed by atoms with E-state index in [9.17, 15) is 13.2 Å². The molecule has 6 heteroatoms. The molecule has 1 heterocycles. The highest BCUT2D eigenvalue weighted by atomic mass is 32.2. The Balaban J connectivity index is 1.70. The second kappa shape index (κ2) is 6.38. The number of esters is 1. The van der Waals surface area contributed by atoms with Crippen molar-refractivity contribution in [1.82, 2.24) is 4.31 Å². The van der Waals surface area contributed by atoms with E-state index >= 15 is 0 Å². The van der Waals surface area contributed by atoms with E-state index in [1.54, 1.807) is 12.1 Å². The summed E-state index contributed by atoms with van der Waals surface area (Å²) in [6.07, 6.45) is 5.88. The predicted octanol–water partition coefficient (Wildman–Crippen LogP) is 2.57. The second-order valence-electron chi connectivity index (χ2n) is 5.95. The van der Waals surface area contributed by atoms with Crippen molar-refractivity contribution in [3.8, 4) is 0 Å². The zero-order valence-corrected chi connectivity index (χ0v) is 13.3. The Bertz CT molecular complexity index is 627. The lowest BCUT2D eigenvalue weighted by Gasteiger charge is -2.16. The van der Waals surface area contributed by atoms with Crippen molar-refractivity contribution in [1.29, 1.82) is 0 Å². The normalized spacial score (nSPS) is 20.4. The Kier molecular flexibility index (Phi) is 4.49. The van der Waals surface area contributed by atoms with Crippen LogP contribution < -0.4 is 0 Å². The first-order valence-corrected chi connectivity index (χ1v) is 9.32. The minimum atomic E-state index is -3.42. The molecule has 0 atom stereocenters. The van der Waals surface area contributed by atoms with E-state index < -0.39 is 10.0 Å². The van der Waals surface area contributed by atoms with Gasteiger partial charge in [-0.3, -0.25) is 0 Å². The number of rotatable bonds is 4. The maximum Gasteiger partial charge on any atom is 0.338 e. The lowest BCUT2D eigenvalue weighted by molar-refractivity contribution is 0.0317. The molecule has 22 heavy (non-hydrogen) atoms. The van der Waals surface area contributed by atoms with E-state index in [2.05, 4.69) is 0 Å². The molecule has 3 rings (SSSR count). The Hall–Kier alpha value is -1.40. The highest BCUT2D eigenvalue weighted by Crippen LogP contribution is 2.24. The topological polar surface area (TPSA) is 63.7 Å². The van der Waals surface area contributed by atoms with Crippen molar-refractivity contribution in [3.05, 3.63) is 29.8 Å². The molecule has 0 unspecified atom stereocenters. The van der Waals surface area contributed by atoms with E-state index in [0.717, 1.165) is 38.5 Å². The summed E-state index contributed by atoms with van der Waals surface area (Å²) in [5, 5.41) is 0. The maximum absolute atomic E-state index is 12.4. The number of hydrogen-bond donors (Lipinski definition) is 0. The summed E-state index contributed by atoms with van der Waals surface area (Å²) in [5.41, 5.74) is 0.410. The number of carbonyl (C=O) groups excluding carboxylic acids is 1. The highest BCUT2D eigenvalue weighted by molar-refractivity contribution is 7.89. The van der Waals surface area contributed by atoms with Gasteiger partial charge in [0.25, 0.3) is 0 Å². The zero-order valence-electron chi connectivity index (χ0n) is 12.5.